The van der Waals surface area contributed by atoms with Gasteiger partial charge in [0.05, 0.1) is 11.8 Å². The molecule has 0 fully saturated rings. The quantitative estimate of drug-likeness (QED) is 0.667. The van der Waals surface area contributed by atoms with E-state index in [1.165, 1.54) is 16.7 Å². The molecule has 74 valence electrons. The number of rotatable bonds is 0. The third-order valence-electron chi connectivity index (χ3n) is 1.79. The summed E-state index contributed by atoms with van der Waals surface area (Å²) >= 11 is 5.63. The molecule has 0 unspecified atom stereocenters. The van der Waals surface area contributed by atoms with Crippen LogP contribution in [0.1, 0.15) is 5.56 Å². The first-order valence-electron chi connectivity index (χ1n) is 3.68. The summed E-state index contributed by atoms with van der Waals surface area (Å²) in [4.78, 5) is 3.81. The minimum Gasteiger partial charge on any atom is -0.290 e. The molecule has 0 N–H and O–H groups in total. The van der Waals surface area contributed by atoms with Crippen molar-refractivity contribution in [2.45, 2.75) is 6.18 Å². The lowest BCUT2D eigenvalue weighted by Gasteiger charge is -2.06. The van der Waals surface area contributed by atoms with E-state index in [0.717, 1.165) is 12.3 Å². The van der Waals surface area contributed by atoms with Crippen LogP contribution >= 0.6 is 11.6 Å². The van der Waals surface area contributed by atoms with E-state index in [9.17, 15) is 13.2 Å². The number of fused-ring (bicyclic) bond motifs is 1. The molecule has 0 atom stereocenters. The molecule has 2 aromatic heterocycles. The van der Waals surface area contributed by atoms with Crippen LogP contribution in [-0.2, 0) is 6.18 Å². The number of aromatic nitrogens is 2. The van der Waals surface area contributed by atoms with Crippen LogP contribution < -0.4 is 0 Å². The molecule has 0 aromatic carbocycles. The van der Waals surface area contributed by atoms with Gasteiger partial charge in [0, 0.05) is 6.20 Å². The van der Waals surface area contributed by atoms with E-state index in [1.54, 1.807) is 0 Å². The average molecular weight is 221 g/mol. The van der Waals surface area contributed by atoms with Crippen LogP contribution in [0.4, 0.5) is 13.2 Å². The zero-order valence-electron chi connectivity index (χ0n) is 6.72. The molecule has 0 aliphatic carbocycles. The van der Waals surface area contributed by atoms with Crippen LogP contribution in [0.3, 0.4) is 0 Å². The number of pyridine rings is 1. The van der Waals surface area contributed by atoms with Crippen LogP contribution in [0.5, 0.6) is 0 Å². The largest absolute Gasteiger partial charge is 0.417 e. The smallest absolute Gasteiger partial charge is 0.290 e. The van der Waals surface area contributed by atoms with Gasteiger partial charge >= 0.3 is 6.18 Å². The van der Waals surface area contributed by atoms with Crippen LogP contribution in [-0.4, -0.2) is 9.38 Å². The molecule has 0 spiro atoms. The van der Waals surface area contributed by atoms with Gasteiger partial charge in [-0.2, -0.15) is 13.2 Å². The van der Waals surface area contributed by atoms with E-state index in [1.807, 2.05) is 0 Å². The van der Waals surface area contributed by atoms with Gasteiger partial charge in [-0.3, -0.25) is 4.40 Å². The topological polar surface area (TPSA) is 17.3 Å². The summed E-state index contributed by atoms with van der Waals surface area (Å²) in [7, 11) is 0. The number of imidazole rings is 1. The lowest BCUT2D eigenvalue weighted by molar-refractivity contribution is -0.137. The van der Waals surface area contributed by atoms with Gasteiger partial charge in [-0.1, -0.05) is 11.6 Å². The normalized spacial score (nSPS) is 12.3. The Labute approximate surface area is 81.9 Å². The van der Waals surface area contributed by atoms with Gasteiger partial charge in [-0.25, -0.2) is 4.98 Å². The fraction of sp³-hybridized carbons (Fsp3) is 0.125. The summed E-state index contributed by atoms with van der Waals surface area (Å²) in [5.41, 5.74) is -0.354. The molecule has 0 saturated heterocycles. The van der Waals surface area contributed by atoms with E-state index >= 15 is 0 Å². The highest BCUT2D eigenvalue weighted by Gasteiger charge is 2.30. The molecule has 0 radical (unpaired) electrons. The fourth-order valence-electron chi connectivity index (χ4n) is 1.12. The van der Waals surface area contributed by atoms with Gasteiger partial charge in [0.2, 0.25) is 0 Å². The number of nitrogens with zero attached hydrogens (tertiary/aromatic N) is 2. The first kappa shape index (κ1) is 9.33. The molecule has 14 heavy (non-hydrogen) atoms. The van der Waals surface area contributed by atoms with E-state index in [0.29, 0.717) is 5.65 Å². The van der Waals surface area contributed by atoms with Crippen molar-refractivity contribution < 1.29 is 13.2 Å². The Hall–Kier alpha value is -1.23. The maximum Gasteiger partial charge on any atom is 0.417 e. The van der Waals surface area contributed by atoms with Crippen molar-refractivity contribution >= 4 is 17.2 Å². The van der Waals surface area contributed by atoms with Crippen LogP contribution in [0.2, 0.25) is 5.15 Å². The maximum absolute atomic E-state index is 12.3. The van der Waals surface area contributed by atoms with Crippen molar-refractivity contribution in [1.29, 1.82) is 0 Å². The predicted molar refractivity (Wildman–Crippen MR) is 45.2 cm³/mol. The van der Waals surface area contributed by atoms with Gasteiger partial charge in [0.1, 0.15) is 10.8 Å². The second-order valence-electron chi connectivity index (χ2n) is 2.72. The zero-order chi connectivity index (χ0) is 10.3. The summed E-state index contributed by atoms with van der Waals surface area (Å²) in [6, 6.07) is 2.24. The highest BCUT2D eigenvalue weighted by atomic mass is 35.5. The molecule has 0 bridgehead atoms. The highest BCUT2D eigenvalue weighted by Crippen LogP contribution is 2.29. The molecule has 2 nitrogen and oxygen atoms in total. The average Bonchev–Trinajstić information content (AvgIpc) is 2.46. The second-order valence-corrected chi connectivity index (χ2v) is 3.11. The molecule has 0 aliphatic rings. The Morgan fingerprint density at radius 3 is 2.64 bits per heavy atom. The lowest BCUT2D eigenvalue weighted by atomic mass is 10.3. The summed E-state index contributed by atoms with van der Waals surface area (Å²) in [6.45, 7) is 0. The van der Waals surface area contributed by atoms with Crippen molar-refractivity contribution in [2.75, 3.05) is 0 Å². The Morgan fingerprint density at radius 2 is 2.00 bits per heavy atom. The van der Waals surface area contributed by atoms with Gasteiger partial charge in [-0.05, 0) is 12.1 Å². The molecule has 6 heteroatoms. The third-order valence-corrected chi connectivity index (χ3v) is 2.07. The van der Waals surface area contributed by atoms with Crippen molar-refractivity contribution in [3.8, 4) is 0 Å². The van der Waals surface area contributed by atoms with E-state index in [2.05, 4.69) is 4.98 Å². The highest BCUT2D eigenvalue weighted by molar-refractivity contribution is 6.29. The van der Waals surface area contributed by atoms with Crippen LogP contribution in [0.25, 0.3) is 5.65 Å². The molecule has 0 amide bonds. The van der Waals surface area contributed by atoms with Gasteiger partial charge < -0.3 is 0 Å². The van der Waals surface area contributed by atoms with Gasteiger partial charge in [0.25, 0.3) is 0 Å². The number of hydrogen-bond donors (Lipinski definition) is 0. The van der Waals surface area contributed by atoms with Crippen molar-refractivity contribution in [2.24, 2.45) is 0 Å². The van der Waals surface area contributed by atoms with E-state index < -0.39 is 11.7 Å². The molecule has 0 aliphatic heterocycles. The van der Waals surface area contributed by atoms with Crippen molar-refractivity contribution in [1.82, 2.24) is 9.38 Å². The zero-order valence-corrected chi connectivity index (χ0v) is 7.47. The Morgan fingerprint density at radius 1 is 1.29 bits per heavy atom. The molecule has 2 aromatic rings. The standard InChI is InChI=1S/C8H4ClF3N2/c9-6-3-13-7-2-1-5(4-14(6)7)8(10,11)12/h1-4H. The molecule has 2 heterocycles. The summed E-state index contributed by atoms with van der Waals surface area (Å²) in [5, 5.41) is 0.158. The number of alkyl halides is 3. The Bertz CT molecular complexity index is 475. The summed E-state index contributed by atoms with van der Waals surface area (Å²) in [5.74, 6) is 0. The number of hydrogen-bond acceptors (Lipinski definition) is 1. The maximum atomic E-state index is 12.3. The third kappa shape index (κ3) is 1.43. The molecule has 2 rings (SSSR count). The minimum atomic E-state index is -4.36. The fourth-order valence-corrected chi connectivity index (χ4v) is 1.30. The van der Waals surface area contributed by atoms with E-state index in [4.69, 9.17) is 11.6 Å². The minimum absolute atomic E-state index is 0.158. The monoisotopic (exact) mass is 220 g/mol. The van der Waals surface area contributed by atoms with Crippen molar-refractivity contribution in [3.63, 3.8) is 0 Å². The first-order valence-corrected chi connectivity index (χ1v) is 4.06. The second kappa shape index (κ2) is 2.88. The first-order chi connectivity index (χ1) is 6.48. The number of halogens is 4. The SMILES string of the molecule is FC(F)(F)c1ccc2ncc(Cl)n2c1. The van der Waals surface area contributed by atoms with Gasteiger partial charge in [0.15, 0.2) is 0 Å². The predicted octanol–water partition coefficient (Wildman–Crippen LogP) is 3.01. The Kier molecular flexibility index (Phi) is 1.92. The molecular formula is C8H4ClF3N2. The molecular weight excluding hydrogens is 217 g/mol. The Balaban J connectivity index is 2.66. The lowest BCUT2D eigenvalue weighted by Crippen LogP contribution is -2.06. The van der Waals surface area contributed by atoms with Crippen LogP contribution in [0, 0.1) is 0 Å². The summed E-state index contributed by atoms with van der Waals surface area (Å²) < 4.78 is 38.0. The van der Waals surface area contributed by atoms with Crippen molar-refractivity contribution in [3.05, 3.63) is 35.2 Å². The van der Waals surface area contributed by atoms with Crippen LogP contribution in [0.15, 0.2) is 24.5 Å². The molecule has 0 saturated carbocycles. The van der Waals surface area contributed by atoms with Gasteiger partial charge in [-0.15, -0.1) is 0 Å². The van der Waals surface area contributed by atoms with E-state index in [-0.39, 0.29) is 5.15 Å². The summed E-state index contributed by atoms with van der Waals surface area (Å²) in [6.07, 6.45) is -2.14.